The van der Waals surface area contributed by atoms with E-state index in [0.29, 0.717) is 11.1 Å². The number of aromatic carboxylic acids is 1. The van der Waals surface area contributed by atoms with E-state index in [0.717, 1.165) is 0 Å². The number of ether oxygens (including phenoxy) is 2. The molecule has 0 spiro atoms. The third kappa shape index (κ3) is 3.80. The van der Waals surface area contributed by atoms with Crippen LogP contribution >= 0.6 is 0 Å². The Kier molecular flexibility index (Phi) is 5.87. The van der Waals surface area contributed by atoms with Crippen LogP contribution in [0.2, 0.25) is 0 Å². The van der Waals surface area contributed by atoms with Gasteiger partial charge in [-0.2, -0.15) is 0 Å². The van der Waals surface area contributed by atoms with Gasteiger partial charge in [-0.05, 0) is 31.9 Å². The molecule has 1 unspecified atom stereocenters. The second kappa shape index (κ2) is 7.19. The molecule has 0 aromatic heterocycles. The van der Waals surface area contributed by atoms with Crippen LogP contribution in [-0.4, -0.2) is 43.5 Å². The quantitative estimate of drug-likeness (QED) is 0.781. The minimum Gasteiger partial charge on any atom is -0.478 e. The van der Waals surface area contributed by atoms with Gasteiger partial charge in [-0.25, -0.2) is 4.79 Å². The summed E-state index contributed by atoms with van der Waals surface area (Å²) in [7, 11) is 2.94. The SMILES string of the molecule is COC(OC)C(C)NC(=O)c1c(C)ccc(C)c1C(=O)O. The molecule has 0 bridgehead atoms. The van der Waals surface area contributed by atoms with E-state index in [9.17, 15) is 14.7 Å². The average molecular weight is 295 g/mol. The fourth-order valence-electron chi connectivity index (χ4n) is 2.23. The summed E-state index contributed by atoms with van der Waals surface area (Å²) in [5.41, 5.74) is 1.33. The predicted molar refractivity (Wildman–Crippen MR) is 77.6 cm³/mol. The molecule has 21 heavy (non-hydrogen) atoms. The third-order valence-corrected chi connectivity index (χ3v) is 3.29. The molecule has 6 heteroatoms. The summed E-state index contributed by atoms with van der Waals surface area (Å²) in [5, 5.41) is 12.0. The van der Waals surface area contributed by atoms with Gasteiger partial charge in [0, 0.05) is 14.2 Å². The van der Waals surface area contributed by atoms with Crippen molar-refractivity contribution in [2.24, 2.45) is 0 Å². The molecule has 1 atom stereocenters. The molecule has 0 saturated carbocycles. The Morgan fingerprint density at radius 2 is 1.57 bits per heavy atom. The van der Waals surface area contributed by atoms with E-state index < -0.39 is 24.2 Å². The lowest BCUT2D eigenvalue weighted by molar-refractivity contribution is -0.117. The zero-order valence-corrected chi connectivity index (χ0v) is 12.9. The second-order valence-corrected chi connectivity index (χ2v) is 4.86. The Hall–Kier alpha value is -1.92. The zero-order chi connectivity index (χ0) is 16.2. The molecule has 0 aliphatic carbocycles. The Morgan fingerprint density at radius 1 is 1.10 bits per heavy atom. The number of carboxylic acids is 1. The second-order valence-electron chi connectivity index (χ2n) is 4.86. The number of carbonyl (C=O) groups excluding carboxylic acids is 1. The van der Waals surface area contributed by atoms with E-state index in [1.165, 1.54) is 14.2 Å². The van der Waals surface area contributed by atoms with E-state index in [1.54, 1.807) is 32.9 Å². The third-order valence-electron chi connectivity index (χ3n) is 3.29. The van der Waals surface area contributed by atoms with Gasteiger partial charge >= 0.3 is 5.97 Å². The van der Waals surface area contributed by atoms with Gasteiger partial charge in [0.2, 0.25) is 0 Å². The Bertz CT molecular complexity index is 537. The van der Waals surface area contributed by atoms with Crippen molar-refractivity contribution in [3.8, 4) is 0 Å². The summed E-state index contributed by atoms with van der Waals surface area (Å²) in [4.78, 5) is 23.8. The molecule has 1 amide bonds. The summed E-state index contributed by atoms with van der Waals surface area (Å²) in [6.45, 7) is 5.09. The maximum atomic E-state index is 12.4. The zero-order valence-electron chi connectivity index (χ0n) is 12.9. The smallest absolute Gasteiger partial charge is 0.336 e. The van der Waals surface area contributed by atoms with Crippen LogP contribution in [0.4, 0.5) is 0 Å². The normalized spacial score (nSPS) is 12.3. The largest absolute Gasteiger partial charge is 0.478 e. The standard InChI is InChI=1S/C15H21NO5/c1-8-6-7-9(2)12(14(18)19)11(8)13(17)16-10(3)15(20-4)21-5/h6-7,10,15H,1-5H3,(H,16,17)(H,18,19). The number of amides is 1. The van der Waals surface area contributed by atoms with E-state index in [1.807, 2.05) is 0 Å². The van der Waals surface area contributed by atoms with Crippen molar-refractivity contribution in [3.05, 3.63) is 34.4 Å². The van der Waals surface area contributed by atoms with Crippen molar-refractivity contribution in [2.75, 3.05) is 14.2 Å². The van der Waals surface area contributed by atoms with Crippen LogP contribution in [0.1, 0.15) is 38.8 Å². The highest BCUT2D eigenvalue weighted by molar-refractivity contribution is 6.06. The number of hydrogen-bond acceptors (Lipinski definition) is 4. The molecular weight excluding hydrogens is 274 g/mol. The fraction of sp³-hybridized carbons (Fsp3) is 0.467. The Balaban J connectivity index is 3.13. The van der Waals surface area contributed by atoms with Gasteiger partial charge in [-0.1, -0.05) is 12.1 Å². The van der Waals surface area contributed by atoms with Crippen molar-refractivity contribution >= 4 is 11.9 Å². The lowest BCUT2D eigenvalue weighted by atomic mass is 9.96. The highest BCUT2D eigenvalue weighted by Crippen LogP contribution is 2.19. The number of hydrogen-bond donors (Lipinski definition) is 2. The van der Waals surface area contributed by atoms with Crippen LogP contribution in [0.25, 0.3) is 0 Å². The van der Waals surface area contributed by atoms with Crippen molar-refractivity contribution < 1.29 is 24.2 Å². The summed E-state index contributed by atoms with van der Waals surface area (Å²) in [6, 6.07) is 2.99. The van der Waals surface area contributed by atoms with E-state index >= 15 is 0 Å². The minimum absolute atomic E-state index is 0.0195. The highest BCUT2D eigenvalue weighted by Gasteiger charge is 2.24. The molecule has 0 aliphatic rings. The lowest BCUT2D eigenvalue weighted by Gasteiger charge is -2.23. The van der Waals surface area contributed by atoms with Gasteiger partial charge in [0.15, 0.2) is 6.29 Å². The molecular formula is C15H21NO5. The number of carbonyl (C=O) groups is 2. The first-order chi connectivity index (χ1) is 9.83. The van der Waals surface area contributed by atoms with Crippen LogP contribution in [0.3, 0.4) is 0 Å². The van der Waals surface area contributed by atoms with Crippen LogP contribution in [0.5, 0.6) is 0 Å². The minimum atomic E-state index is -1.12. The molecule has 1 rings (SSSR count). The Labute approximate surface area is 124 Å². The molecule has 1 aromatic rings. The van der Waals surface area contributed by atoms with Crippen LogP contribution in [0, 0.1) is 13.8 Å². The molecule has 0 aliphatic heterocycles. The molecule has 0 fully saturated rings. The maximum absolute atomic E-state index is 12.4. The number of nitrogens with one attached hydrogen (secondary N) is 1. The molecule has 0 radical (unpaired) electrons. The van der Waals surface area contributed by atoms with Gasteiger partial charge in [-0.3, -0.25) is 4.79 Å². The van der Waals surface area contributed by atoms with Crippen LogP contribution in [0.15, 0.2) is 12.1 Å². The van der Waals surface area contributed by atoms with Crippen molar-refractivity contribution in [1.82, 2.24) is 5.32 Å². The molecule has 0 saturated heterocycles. The van der Waals surface area contributed by atoms with Gasteiger partial charge in [0.1, 0.15) is 0 Å². The highest BCUT2D eigenvalue weighted by atomic mass is 16.7. The van der Waals surface area contributed by atoms with Crippen molar-refractivity contribution in [2.45, 2.75) is 33.1 Å². The number of carboxylic acid groups (broad SMARTS) is 1. The molecule has 0 heterocycles. The summed E-state index contributed by atoms with van der Waals surface area (Å²) >= 11 is 0. The first-order valence-corrected chi connectivity index (χ1v) is 6.53. The first kappa shape index (κ1) is 17.1. The monoisotopic (exact) mass is 295 g/mol. The van der Waals surface area contributed by atoms with Gasteiger partial charge < -0.3 is 19.9 Å². The lowest BCUT2D eigenvalue weighted by Crippen LogP contribution is -2.43. The topological polar surface area (TPSA) is 84.9 Å². The molecule has 2 N–H and O–H groups in total. The predicted octanol–water partition coefficient (Wildman–Crippen LogP) is 1.74. The fourth-order valence-corrected chi connectivity index (χ4v) is 2.23. The summed E-state index contributed by atoms with van der Waals surface area (Å²) in [6.07, 6.45) is -0.604. The molecule has 116 valence electrons. The van der Waals surface area contributed by atoms with Crippen molar-refractivity contribution in [1.29, 1.82) is 0 Å². The van der Waals surface area contributed by atoms with E-state index in [-0.39, 0.29) is 11.1 Å². The van der Waals surface area contributed by atoms with E-state index in [4.69, 9.17) is 9.47 Å². The number of rotatable bonds is 6. The van der Waals surface area contributed by atoms with Gasteiger partial charge in [0.05, 0.1) is 17.2 Å². The van der Waals surface area contributed by atoms with Crippen molar-refractivity contribution in [3.63, 3.8) is 0 Å². The van der Waals surface area contributed by atoms with E-state index in [2.05, 4.69) is 5.32 Å². The Morgan fingerprint density at radius 3 is 2.00 bits per heavy atom. The summed E-state index contributed by atoms with van der Waals surface area (Å²) in [5.74, 6) is -1.58. The first-order valence-electron chi connectivity index (χ1n) is 6.53. The molecule has 1 aromatic carbocycles. The number of methoxy groups -OCH3 is 2. The molecule has 6 nitrogen and oxygen atoms in total. The summed E-state index contributed by atoms with van der Waals surface area (Å²) < 4.78 is 10.2. The maximum Gasteiger partial charge on any atom is 0.336 e. The van der Waals surface area contributed by atoms with Gasteiger partial charge in [-0.15, -0.1) is 0 Å². The number of aryl methyl sites for hydroxylation is 2. The number of benzene rings is 1. The van der Waals surface area contributed by atoms with Crippen LogP contribution < -0.4 is 5.32 Å². The van der Waals surface area contributed by atoms with Gasteiger partial charge in [0.25, 0.3) is 5.91 Å². The van der Waals surface area contributed by atoms with Crippen LogP contribution in [-0.2, 0) is 9.47 Å². The average Bonchev–Trinajstić information content (AvgIpc) is 2.41.